The van der Waals surface area contributed by atoms with Crippen LogP contribution >= 0.6 is 0 Å². The fourth-order valence-electron chi connectivity index (χ4n) is 4.86. The van der Waals surface area contributed by atoms with Crippen molar-refractivity contribution in [2.45, 2.75) is 19.8 Å². The quantitative estimate of drug-likeness (QED) is 0.635. The van der Waals surface area contributed by atoms with Crippen LogP contribution in [-0.2, 0) is 4.79 Å². The van der Waals surface area contributed by atoms with Gasteiger partial charge in [-0.2, -0.15) is 0 Å². The van der Waals surface area contributed by atoms with Crippen molar-refractivity contribution in [2.24, 2.45) is 5.92 Å². The van der Waals surface area contributed by atoms with E-state index >= 15 is 0 Å². The van der Waals surface area contributed by atoms with Crippen LogP contribution in [0.1, 0.15) is 29.0 Å². The molecule has 0 N–H and O–H groups in total. The van der Waals surface area contributed by atoms with Gasteiger partial charge in [0.1, 0.15) is 0 Å². The number of furan rings is 1. The summed E-state index contributed by atoms with van der Waals surface area (Å²) in [4.78, 5) is 36.3. The zero-order valence-electron chi connectivity index (χ0n) is 18.4. The van der Waals surface area contributed by atoms with Gasteiger partial charge in [-0.15, -0.1) is 0 Å². The lowest BCUT2D eigenvalue weighted by molar-refractivity contribution is -0.137. The first-order valence-electron chi connectivity index (χ1n) is 11.3. The van der Waals surface area contributed by atoms with Crippen molar-refractivity contribution >= 4 is 28.4 Å². The third-order valence-electron chi connectivity index (χ3n) is 6.60. The molecule has 2 aromatic heterocycles. The van der Waals surface area contributed by atoms with E-state index in [1.807, 2.05) is 11.1 Å². The normalized spacial score (nSPS) is 19.4. The number of carbonyl (C=O) groups excluding carboxylic acids is 2. The summed E-state index contributed by atoms with van der Waals surface area (Å²) in [5.41, 5.74) is 3.35. The Kier molecular flexibility index (Phi) is 5.55. The van der Waals surface area contributed by atoms with Gasteiger partial charge < -0.3 is 19.1 Å². The highest BCUT2D eigenvalue weighted by molar-refractivity contribution is 5.93. The molecule has 2 aliphatic heterocycles. The van der Waals surface area contributed by atoms with Crippen LogP contribution in [0.2, 0.25) is 0 Å². The molecule has 166 valence electrons. The Labute approximate surface area is 187 Å². The van der Waals surface area contributed by atoms with Crippen LogP contribution in [0.15, 0.2) is 53.3 Å². The van der Waals surface area contributed by atoms with Crippen molar-refractivity contribution in [2.75, 3.05) is 44.2 Å². The van der Waals surface area contributed by atoms with Crippen molar-refractivity contribution in [3.8, 4) is 0 Å². The number of fused-ring (bicyclic) bond motifs is 1. The molecule has 7 nitrogen and oxygen atoms in total. The topological polar surface area (TPSA) is 69.9 Å². The molecule has 2 amide bonds. The van der Waals surface area contributed by atoms with Crippen molar-refractivity contribution in [3.63, 3.8) is 0 Å². The molecule has 2 saturated heterocycles. The molecule has 3 aromatic rings. The molecule has 5 rings (SSSR count). The summed E-state index contributed by atoms with van der Waals surface area (Å²) in [6.45, 7) is 5.97. The van der Waals surface area contributed by atoms with Crippen LogP contribution < -0.4 is 4.90 Å². The Bertz CT molecular complexity index is 1120. The van der Waals surface area contributed by atoms with E-state index in [-0.39, 0.29) is 17.7 Å². The number of hydrogen-bond donors (Lipinski definition) is 0. The lowest BCUT2D eigenvalue weighted by Crippen LogP contribution is -2.53. The maximum atomic E-state index is 13.3. The van der Waals surface area contributed by atoms with E-state index in [2.05, 4.69) is 41.1 Å². The SMILES string of the molecule is Cc1ccc2nccc(N3CCCC(C(=O)N4CCN(C(=O)c5ccco5)CC4)C3)c2c1. The Morgan fingerprint density at radius 3 is 2.62 bits per heavy atom. The van der Waals surface area contributed by atoms with Crippen molar-refractivity contribution in [1.29, 1.82) is 0 Å². The Morgan fingerprint density at radius 1 is 1.03 bits per heavy atom. The molecule has 32 heavy (non-hydrogen) atoms. The summed E-state index contributed by atoms with van der Waals surface area (Å²) in [6, 6.07) is 11.8. The Hall–Kier alpha value is -3.35. The number of amides is 2. The van der Waals surface area contributed by atoms with Gasteiger partial charge in [0, 0.05) is 56.5 Å². The molecule has 0 saturated carbocycles. The molecule has 4 heterocycles. The van der Waals surface area contributed by atoms with Gasteiger partial charge in [0.15, 0.2) is 5.76 Å². The van der Waals surface area contributed by atoms with Gasteiger partial charge in [0.05, 0.1) is 17.7 Å². The molecular weight excluding hydrogens is 404 g/mol. The lowest BCUT2D eigenvalue weighted by Gasteiger charge is -2.39. The van der Waals surface area contributed by atoms with Gasteiger partial charge in [0.25, 0.3) is 5.91 Å². The van der Waals surface area contributed by atoms with E-state index in [0.29, 0.717) is 31.9 Å². The third kappa shape index (κ3) is 3.95. The summed E-state index contributed by atoms with van der Waals surface area (Å²) in [5, 5.41) is 1.14. The number of anilines is 1. The maximum absolute atomic E-state index is 13.3. The second-order valence-electron chi connectivity index (χ2n) is 8.73. The zero-order chi connectivity index (χ0) is 22.1. The molecule has 1 aromatic carbocycles. The number of aryl methyl sites for hydroxylation is 1. The summed E-state index contributed by atoms with van der Waals surface area (Å²) < 4.78 is 5.23. The minimum atomic E-state index is -0.106. The predicted molar refractivity (Wildman–Crippen MR) is 123 cm³/mol. The number of pyridine rings is 1. The molecule has 1 atom stereocenters. The summed E-state index contributed by atoms with van der Waals surface area (Å²) in [5.74, 6) is 0.428. The first kappa shape index (κ1) is 20.5. The monoisotopic (exact) mass is 432 g/mol. The maximum Gasteiger partial charge on any atom is 0.289 e. The van der Waals surface area contributed by atoms with E-state index in [9.17, 15) is 9.59 Å². The molecule has 7 heteroatoms. The van der Waals surface area contributed by atoms with Gasteiger partial charge in [-0.3, -0.25) is 14.6 Å². The van der Waals surface area contributed by atoms with Crippen molar-refractivity contribution in [3.05, 3.63) is 60.2 Å². The first-order valence-corrected chi connectivity index (χ1v) is 11.3. The number of hydrogen-bond acceptors (Lipinski definition) is 5. The van der Waals surface area contributed by atoms with Crippen LogP contribution in [0.25, 0.3) is 10.9 Å². The molecule has 2 fully saturated rings. The van der Waals surface area contributed by atoms with Gasteiger partial charge >= 0.3 is 0 Å². The molecule has 0 spiro atoms. The number of nitrogens with zero attached hydrogens (tertiary/aromatic N) is 4. The van der Waals surface area contributed by atoms with Gasteiger partial charge in [-0.25, -0.2) is 0 Å². The number of benzene rings is 1. The highest BCUT2D eigenvalue weighted by Crippen LogP contribution is 2.30. The van der Waals surface area contributed by atoms with Gasteiger partial charge in [-0.05, 0) is 50.1 Å². The Balaban J connectivity index is 1.25. The standard InChI is InChI=1S/C25H28N4O3/c1-18-6-7-21-20(16-18)22(8-9-26-21)29-10-2-4-19(17-29)24(30)27-11-13-28(14-12-27)25(31)23-5-3-15-32-23/h3,5-9,15-16,19H,2,4,10-14,17H2,1H3. The number of rotatable bonds is 3. The van der Waals surface area contributed by atoms with E-state index in [4.69, 9.17) is 4.42 Å². The average Bonchev–Trinajstić information content (AvgIpc) is 3.38. The van der Waals surface area contributed by atoms with E-state index < -0.39 is 0 Å². The highest BCUT2D eigenvalue weighted by atomic mass is 16.3. The fourth-order valence-corrected chi connectivity index (χ4v) is 4.86. The van der Waals surface area contributed by atoms with Crippen LogP contribution in [0.5, 0.6) is 0 Å². The molecule has 1 unspecified atom stereocenters. The summed E-state index contributed by atoms with van der Waals surface area (Å²) >= 11 is 0. The first-order chi connectivity index (χ1) is 15.6. The second-order valence-corrected chi connectivity index (χ2v) is 8.73. The van der Waals surface area contributed by atoms with Crippen LogP contribution in [-0.4, -0.2) is 65.9 Å². The molecule has 0 aliphatic carbocycles. The third-order valence-corrected chi connectivity index (χ3v) is 6.60. The van der Waals surface area contributed by atoms with E-state index in [0.717, 1.165) is 42.5 Å². The highest BCUT2D eigenvalue weighted by Gasteiger charge is 2.33. The molecular formula is C25H28N4O3. The summed E-state index contributed by atoms with van der Waals surface area (Å²) in [7, 11) is 0. The number of aromatic nitrogens is 1. The van der Waals surface area contributed by atoms with E-state index in [1.165, 1.54) is 11.8 Å². The smallest absolute Gasteiger partial charge is 0.289 e. The van der Waals surface area contributed by atoms with Crippen molar-refractivity contribution in [1.82, 2.24) is 14.8 Å². The number of piperidine rings is 1. The average molecular weight is 433 g/mol. The van der Waals surface area contributed by atoms with Crippen LogP contribution in [0, 0.1) is 12.8 Å². The fraction of sp³-hybridized carbons (Fsp3) is 0.400. The number of carbonyl (C=O) groups is 2. The Morgan fingerprint density at radius 2 is 1.84 bits per heavy atom. The van der Waals surface area contributed by atoms with Crippen LogP contribution in [0.3, 0.4) is 0 Å². The van der Waals surface area contributed by atoms with Gasteiger partial charge in [-0.1, -0.05) is 11.6 Å². The molecule has 0 radical (unpaired) electrons. The van der Waals surface area contributed by atoms with Gasteiger partial charge in [0.2, 0.25) is 5.91 Å². The minimum absolute atomic E-state index is 0.0240. The summed E-state index contributed by atoms with van der Waals surface area (Å²) in [6.07, 6.45) is 5.26. The predicted octanol–water partition coefficient (Wildman–Crippen LogP) is 3.34. The lowest BCUT2D eigenvalue weighted by atomic mass is 9.95. The van der Waals surface area contributed by atoms with Crippen LogP contribution in [0.4, 0.5) is 5.69 Å². The molecule has 2 aliphatic rings. The zero-order valence-corrected chi connectivity index (χ0v) is 18.4. The second kappa shape index (κ2) is 8.65. The molecule has 0 bridgehead atoms. The minimum Gasteiger partial charge on any atom is -0.459 e. The van der Waals surface area contributed by atoms with Crippen molar-refractivity contribution < 1.29 is 14.0 Å². The largest absolute Gasteiger partial charge is 0.459 e. The van der Waals surface area contributed by atoms with E-state index in [1.54, 1.807) is 17.0 Å². The number of piperazine rings is 1.